The van der Waals surface area contributed by atoms with Crippen molar-refractivity contribution < 1.29 is 4.79 Å². The molecule has 3 aromatic rings. The molecule has 0 aliphatic heterocycles. The van der Waals surface area contributed by atoms with Crippen LogP contribution >= 0.6 is 15.9 Å². The molecular formula is C13H9BrN4O. The zero-order valence-corrected chi connectivity index (χ0v) is 11.3. The molecule has 2 aromatic heterocycles. The summed E-state index contributed by atoms with van der Waals surface area (Å²) in [7, 11) is 0. The molecule has 0 saturated carbocycles. The van der Waals surface area contributed by atoms with E-state index in [1.165, 1.54) is 12.4 Å². The number of rotatable bonds is 2. The Morgan fingerprint density at radius 1 is 1.21 bits per heavy atom. The second-order valence-electron chi connectivity index (χ2n) is 3.95. The van der Waals surface area contributed by atoms with Gasteiger partial charge < -0.3 is 10.3 Å². The molecule has 6 heteroatoms. The van der Waals surface area contributed by atoms with Gasteiger partial charge in [0.1, 0.15) is 10.3 Å². The van der Waals surface area contributed by atoms with Crippen LogP contribution in [0.5, 0.6) is 0 Å². The number of nitrogens with zero attached hydrogens (tertiary/aromatic N) is 2. The van der Waals surface area contributed by atoms with Crippen LogP contribution in [0.4, 0.5) is 5.82 Å². The normalized spacial score (nSPS) is 10.6. The van der Waals surface area contributed by atoms with Crippen molar-refractivity contribution in [3.63, 3.8) is 0 Å². The summed E-state index contributed by atoms with van der Waals surface area (Å²) >= 11 is 3.19. The molecule has 1 aromatic carbocycles. The topological polar surface area (TPSA) is 70.7 Å². The Hall–Kier alpha value is -2.21. The van der Waals surface area contributed by atoms with E-state index in [9.17, 15) is 4.79 Å². The van der Waals surface area contributed by atoms with Crippen LogP contribution in [-0.4, -0.2) is 20.9 Å². The van der Waals surface area contributed by atoms with Crippen LogP contribution in [0.3, 0.4) is 0 Å². The number of aromatic amines is 1. The number of benzene rings is 1. The van der Waals surface area contributed by atoms with Crippen LogP contribution in [0.25, 0.3) is 10.9 Å². The molecule has 0 bridgehead atoms. The summed E-state index contributed by atoms with van der Waals surface area (Å²) in [5.74, 6) is 0.166. The number of H-pyrrole nitrogens is 1. The average Bonchev–Trinajstić information content (AvgIpc) is 2.85. The third-order valence-corrected chi connectivity index (χ3v) is 3.05. The average molecular weight is 317 g/mol. The third kappa shape index (κ3) is 2.48. The molecule has 19 heavy (non-hydrogen) atoms. The van der Waals surface area contributed by atoms with Crippen molar-refractivity contribution in [3.05, 3.63) is 53.0 Å². The minimum atomic E-state index is -0.243. The predicted octanol–water partition coefficient (Wildman–Crippen LogP) is 2.97. The first kappa shape index (κ1) is 11.9. The number of anilines is 1. The number of carbonyl (C=O) groups is 1. The maximum atomic E-state index is 12.0. The number of nitrogens with one attached hydrogen (secondary N) is 2. The lowest BCUT2D eigenvalue weighted by Gasteiger charge is -2.01. The lowest BCUT2D eigenvalue weighted by atomic mass is 10.2. The van der Waals surface area contributed by atoms with Crippen molar-refractivity contribution in [1.29, 1.82) is 0 Å². The molecule has 0 fully saturated rings. The number of hydrogen-bond donors (Lipinski definition) is 2. The maximum absolute atomic E-state index is 12.0. The molecule has 5 nitrogen and oxygen atoms in total. The Morgan fingerprint density at radius 2 is 2.05 bits per heavy atom. The Labute approximate surface area is 117 Å². The summed E-state index contributed by atoms with van der Waals surface area (Å²) in [4.78, 5) is 23.1. The lowest BCUT2D eigenvalue weighted by Crippen LogP contribution is -2.13. The number of aromatic nitrogens is 3. The highest BCUT2D eigenvalue weighted by Gasteiger charge is 2.10. The highest BCUT2D eigenvalue weighted by molar-refractivity contribution is 9.10. The van der Waals surface area contributed by atoms with E-state index in [0.29, 0.717) is 16.1 Å². The molecule has 0 saturated heterocycles. The number of halogens is 1. The number of para-hydroxylation sites is 1. The van der Waals surface area contributed by atoms with Gasteiger partial charge in [-0.05, 0) is 28.1 Å². The largest absolute Gasteiger partial charge is 0.351 e. The molecule has 2 heterocycles. The molecule has 1 amide bonds. The van der Waals surface area contributed by atoms with Gasteiger partial charge in [0.05, 0.1) is 12.4 Å². The first-order valence-corrected chi connectivity index (χ1v) is 6.38. The van der Waals surface area contributed by atoms with E-state index in [4.69, 9.17) is 0 Å². The fraction of sp³-hybridized carbons (Fsp3) is 0. The van der Waals surface area contributed by atoms with E-state index in [2.05, 4.69) is 36.2 Å². The Kier molecular flexibility index (Phi) is 3.00. The molecule has 2 N–H and O–H groups in total. The molecule has 0 spiro atoms. The molecule has 3 rings (SSSR count). The van der Waals surface area contributed by atoms with Crippen LogP contribution in [0, 0.1) is 0 Å². The summed E-state index contributed by atoms with van der Waals surface area (Å²) in [6.45, 7) is 0. The minimum absolute atomic E-state index is 0.243. The molecule has 0 atom stereocenters. The van der Waals surface area contributed by atoms with Gasteiger partial charge in [-0.25, -0.2) is 9.97 Å². The highest BCUT2D eigenvalue weighted by Crippen LogP contribution is 2.15. The number of carbonyl (C=O) groups excluding carboxylic acids is 1. The minimum Gasteiger partial charge on any atom is -0.351 e. The Morgan fingerprint density at radius 3 is 2.79 bits per heavy atom. The van der Waals surface area contributed by atoms with Gasteiger partial charge in [-0.15, -0.1) is 0 Å². The van der Waals surface area contributed by atoms with Gasteiger partial charge in [-0.1, -0.05) is 18.2 Å². The first-order valence-electron chi connectivity index (χ1n) is 5.59. The van der Waals surface area contributed by atoms with Crippen LogP contribution in [-0.2, 0) is 0 Å². The summed E-state index contributed by atoms with van der Waals surface area (Å²) in [5, 5.41) is 3.68. The number of amides is 1. The quantitative estimate of drug-likeness (QED) is 0.763. The second kappa shape index (κ2) is 4.81. The van der Waals surface area contributed by atoms with Crippen LogP contribution in [0.2, 0.25) is 0 Å². The van der Waals surface area contributed by atoms with Crippen molar-refractivity contribution in [3.8, 4) is 0 Å². The van der Waals surface area contributed by atoms with E-state index >= 15 is 0 Å². The van der Waals surface area contributed by atoms with Crippen LogP contribution in [0.1, 0.15) is 10.5 Å². The second-order valence-corrected chi connectivity index (χ2v) is 4.76. The van der Waals surface area contributed by atoms with Crippen LogP contribution < -0.4 is 5.32 Å². The zero-order chi connectivity index (χ0) is 13.2. The Balaban J connectivity index is 1.85. The van der Waals surface area contributed by atoms with Gasteiger partial charge in [0.2, 0.25) is 0 Å². The first-order chi connectivity index (χ1) is 9.22. The van der Waals surface area contributed by atoms with Crippen molar-refractivity contribution in [2.75, 3.05) is 5.32 Å². The summed E-state index contributed by atoms with van der Waals surface area (Å²) < 4.78 is 0.621. The highest BCUT2D eigenvalue weighted by atomic mass is 79.9. The number of hydrogen-bond acceptors (Lipinski definition) is 3. The molecular weight excluding hydrogens is 308 g/mol. The molecule has 94 valence electrons. The van der Waals surface area contributed by atoms with Gasteiger partial charge in [0, 0.05) is 10.9 Å². The van der Waals surface area contributed by atoms with Gasteiger partial charge in [-0.3, -0.25) is 4.79 Å². The lowest BCUT2D eigenvalue weighted by molar-refractivity contribution is 0.102. The monoisotopic (exact) mass is 316 g/mol. The standard InChI is InChI=1S/C13H9BrN4O/c14-11-6-16-12(7-15-11)18-13(19)10-5-8-3-1-2-4-9(8)17-10/h1-7,17H,(H,16,18,19). The summed E-state index contributed by atoms with van der Waals surface area (Å²) in [6.07, 6.45) is 3.02. The SMILES string of the molecule is O=C(Nc1cnc(Br)cn1)c1cc2ccccc2[nH]1. The maximum Gasteiger partial charge on any atom is 0.273 e. The fourth-order valence-electron chi connectivity index (χ4n) is 1.76. The van der Waals surface area contributed by atoms with Gasteiger partial charge in [-0.2, -0.15) is 0 Å². The molecule has 0 unspecified atom stereocenters. The number of fused-ring (bicyclic) bond motifs is 1. The van der Waals surface area contributed by atoms with Crippen molar-refractivity contribution in [2.45, 2.75) is 0 Å². The smallest absolute Gasteiger partial charge is 0.273 e. The summed E-state index contributed by atoms with van der Waals surface area (Å²) in [5.41, 5.74) is 1.42. The zero-order valence-electron chi connectivity index (χ0n) is 9.72. The van der Waals surface area contributed by atoms with Crippen molar-refractivity contribution in [1.82, 2.24) is 15.0 Å². The van der Waals surface area contributed by atoms with E-state index in [1.54, 1.807) is 6.07 Å². The van der Waals surface area contributed by atoms with E-state index in [-0.39, 0.29) is 5.91 Å². The van der Waals surface area contributed by atoms with E-state index < -0.39 is 0 Å². The predicted molar refractivity (Wildman–Crippen MR) is 76.0 cm³/mol. The van der Waals surface area contributed by atoms with Crippen molar-refractivity contribution >= 4 is 38.6 Å². The van der Waals surface area contributed by atoms with Gasteiger partial charge >= 0.3 is 0 Å². The van der Waals surface area contributed by atoms with Gasteiger partial charge in [0.15, 0.2) is 5.82 Å². The van der Waals surface area contributed by atoms with Crippen molar-refractivity contribution in [2.24, 2.45) is 0 Å². The van der Waals surface area contributed by atoms with E-state index in [0.717, 1.165) is 10.9 Å². The Bertz CT molecular complexity index is 703. The molecule has 0 aliphatic carbocycles. The fourth-order valence-corrected chi connectivity index (χ4v) is 1.96. The summed E-state index contributed by atoms with van der Waals surface area (Å²) in [6, 6.07) is 9.52. The third-order valence-electron chi connectivity index (χ3n) is 2.64. The van der Waals surface area contributed by atoms with Gasteiger partial charge in [0.25, 0.3) is 5.91 Å². The molecule has 0 radical (unpaired) electrons. The van der Waals surface area contributed by atoms with Crippen LogP contribution in [0.15, 0.2) is 47.3 Å². The molecule has 0 aliphatic rings. The van der Waals surface area contributed by atoms with E-state index in [1.807, 2.05) is 24.3 Å².